The highest BCUT2D eigenvalue weighted by molar-refractivity contribution is 5.87. The lowest BCUT2D eigenvalue weighted by Crippen LogP contribution is -2.54. The van der Waals surface area contributed by atoms with Crippen molar-refractivity contribution < 1.29 is 14.3 Å². The van der Waals surface area contributed by atoms with Crippen LogP contribution in [0.25, 0.3) is 0 Å². The molecule has 7 heteroatoms. The van der Waals surface area contributed by atoms with Gasteiger partial charge in [0.25, 0.3) is 0 Å². The minimum Gasteiger partial charge on any atom is -0.399 e. The van der Waals surface area contributed by atoms with Gasteiger partial charge in [-0.2, -0.15) is 0 Å². The van der Waals surface area contributed by atoms with Gasteiger partial charge < -0.3 is 20.7 Å². The van der Waals surface area contributed by atoms with Crippen molar-refractivity contribution in [1.29, 1.82) is 0 Å². The molecule has 0 spiro atoms. The average Bonchev–Trinajstić information content (AvgIpc) is 2.74. The summed E-state index contributed by atoms with van der Waals surface area (Å²) in [4.78, 5) is 29.8. The smallest absolute Gasteiger partial charge is 0.242 e. The highest BCUT2D eigenvalue weighted by Gasteiger charge is 2.32. The van der Waals surface area contributed by atoms with Crippen LogP contribution in [-0.2, 0) is 20.9 Å². The van der Waals surface area contributed by atoms with Crippen LogP contribution in [0.1, 0.15) is 53.0 Å². The van der Waals surface area contributed by atoms with Crippen LogP contribution in [0.5, 0.6) is 0 Å². The standard InChI is InChI=1S/C25H44N4O3/c1-9-18(5)24(21(10-2)32-8)29(7)22(30)15-27-25(31)23(17(3)4)28(6)16-19-12-11-13-20(26)14-19/h11-14,17-18,21,23-24H,9-10,15-16,26H2,1-8H3,(H,27,31). The summed E-state index contributed by atoms with van der Waals surface area (Å²) in [5.74, 6) is 0.115. The van der Waals surface area contributed by atoms with Gasteiger partial charge in [-0.25, -0.2) is 0 Å². The monoisotopic (exact) mass is 448 g/mol. The van der Waals surface area contributed by atoms with Gasteiger partial charge in [0.1, 0.15) is 0 Å². The number of carbonyl (C=O) groups is 2. The molecule has 0 bridgehead atoms. The van der Waals surface area contributed by atoms with Crippen molar-refractivity contribution in [3.63, 3.8) is 0 Å². The molecule has 32 heavy (non-hydrogen) atoms. The maximum Gasteiger partial charge on any atom is 0.242 e. The Labute approximate surface area is 194 Å². The lowest BCUT2D eigenvalue weighted by atomic mass is 9.91. The number of hydrogen-bond acceptors (Lipinski definition) is 5. The van der Waals surface area contributed by atoms with E-state index in [1.54, 1.807) is 19.1 Å². The highest BCUT2D eigenvalue weighted by Crippen LogP contribution is 2.21. The number of nitrogen functional groups attached to an aromatic ring is 1. The van der Waals surface area contributed by atoms with Crippen LogP contribution in [0, 0.1) is 11.8 Å². The summed E-state index contributed by atoms with van der Waals surface area (Å²) in [5.41, 5.74) is 7.63. The number of methoxy groups -OCH3 is 1. The number of nitrogens with two attached hydrogens (primary N) is 1. The zero-order valence-corrected chi connectivity index (χ0v) is 21.2. The molecule has 1 aromatic carbocycles. The lowest BCUT2D eigenvalue weighted by Gasteiger charge is -2.37. The summed E-state index contributed by atoms with van der Waals surface area (Å²) in [6.07, 6.45) is 1.72. The van der Waals surface area contributed by atoms with Gasteiger partial charge in [0, 0.05) is 26.4 Å². The molecule has 1 aromatic rings. The van der Waals surface area contributed by atoms with Gasteiger partial charge >= 0.3 is 0 Å². The van der Waals surface area contributed by atoms with E-state index in [0.717, 1.165) is 18.4 Å². The van der Waals surface area contributed by atoms with Gasteiger partial charge in [-0.05, 0) is 43.0 Å². The van der Waals surface area contributed by atoms with Crippen molar-refractivity contribution in [1.82, 2.24) is 15.1 Å². The fraction of sp³-hybridized carbons (Fsp3) is 0.680. The molecule has 0 aromatic heterocycles. The van der Waals surface area contributed by atoms with Crippen LogP contribution in [0.4, 0.5) is 5.69 Å². The second-order valence-electron chi connectivity index (χ2n) is 9.13. The van der Waals surface area contributed by atoms with E-state index in [9.17, 15) is 9.59 Å². The molecular weight excluding hydrogens is 404 g/mol. The maximum absolute atomic E-state index is 13.0. The van der Waals surface area contributed by atoms with E-state index in [-0.39, 0.29) is 48.4 Å². The number of ether oxygens (including phenoxy) is 1. The predicted octanol–water partition coefficient (Wildman–Crippen LogP) is 3.14. The first kappa shape index (κ1) is 27.9. The number of rotatable bonds is 13. The molecule has 182 valence electrons. The fourth-order valence-electron chi connectivity index (χ4n) is 4.43. The number of nitrogens with one attached hydrogen (secondary N) is 1. The Balaban J connectivity index is 2.83. The third-order valence-electron chi connectivity index (χ3n) is 6.33. The first-order valence-electron chi connectivity index (χ1n) is 11.7. The van der Waals surface area contributed by atoms with Crippen molar-refractivity contribution in [3.05, 3.63) is 29.8 Å². The lowest BCUT2D eigenvalue weighted by molar-refractivity contribution is -0.138. The summed E-state index contributed by atoms with van der Waals surface area (Å²) in [6, 6.07) is 7.27. The van der Waals surface area contributed by atoms with Crippen LogP contribution < -0.4 is 11.1 Å². The number of anilines is 1. The second kappa shape index (κ2) is 13.4. The molecule has 4 atom stereocenters. The topological polar surface area (TPSA) is 87.9 Å². The normalized spacial score (nSPS) is 15.3. The van der Waals surface area contributed by atoms with Crippen LogP contribution >= 0.6 is 0 Å². The molecule has 0 aliphatic rings. The largest absolute Gasteiger partial charge is 0.399 e. The van der Waals surface area contributed by atoms with E-state index >= 15 is 0 Å². The minimum absolute atomic E-state index is 0.0300. The molecule has 1 rings (SSSR count). The van der Waals surface area contributed by atoms with E-state index in [1.165, 1.54) is 0 Å². The van der Waals surface area contributed by atoms with E-state index in [2.05, 4.69) is 26.1 Å². The average molecular weight is 449 g/mol. The first-order chi connectivity index (χ1) is 15.1. The van der Waals surface area contributed by atoms with Crippen LogP contribution in [-0.4, -0.2) is 67.6 Å². The zero-order chi connectivity index (χ0) is 24.4. The minimum atomic E-state index is -0.359. The second-order valence-corrected chi connectivity index (χ2v) is 9.13. The predicted molar refractivity (Wildman–Crippen MR) is 131 cm³/mol. The molecule has 0 heterocycles. The molecule has 7 nitrogen and oxygen atoms in total. The molecule has 3 N–H and O–H groups in total. The third-order valence-corrected chi connectivity index (χ3v) is 6.33. The maximum atomic E-state index is 13.0. The van der Waals surface area contributed by atoms with Crippen LogP contribution in [0.2, 0.25) is 0 Å². The first-order valence-corrected chi connectivity index (χ1v) is 11.7. The van der Waals surface area contributed by atoms with Gasteiger partial charge in [0.15, 0.2) is 0 Å². The zero-order valence-electron chi connectivity index (χ0n) is 21.2. The third kappa shape index (κ3) is 7.78. The molecule has 0 aliphatic heterocycles. The van der Waals surface area contributed by atoms with Crippen molar-refractivity contribution in [2.75, 3.05) is 33.5 Å². The molecule has 2 amide bonds. The molecular formula is C25H44N4O3. The van der Waals surface area contributed by atoms with E-state index in [1.807, 2.05) is 50.1 Å². The summed E-state index contributed by atoms with van der Waals surface area (Å²) >= 11 is 0. The Morgan fingerprint density at radius 1 is 1.12 bits per heavy atom. The Morgan fingerprint density at radius 2 is 1.78 bits per heavy atom. The number of carbonyl (C=O) groups excluding carboxylic acids is 2. The molecule has 0 saturated heterocycles. The molecule has 0 saturated carbocycles. The molecule has 0 fully saturated rings. The van der Waals surface area contributed by atoms with Crippen LogP contribution in [0.15, 0.2) is 24.3 Å². The summed E-state index contributed by atoms with van der Waals surface area (Å²) in [5, 5.41) is 2.87. The summed E-state index contributed by atoms with van der Waals surface area (Å²) < 4.78 is 5.65. The number of benzene rings is 1. The molecule has 0 radical (unpaired) electrons. The van der Waals surface area contributed by atoms with Gasteiger partial charge in [0.2, 0.25) is 11.8 Å². The quantitative estimate of drug-likeness (QED) is 0.453. The van der Waals surface area contributed by atoms with Crippen molar-refractivity contribution >= 4 is 17.5 Å². The summed E-state index contributed by atoms with van der Waals surface area (Å²) in [7, 11) is 5.41. The number of likely N-dealkylation sites (N-methyl/N-ethyl adjacent to an activating group) is 2. The molecule has 0 aliphatic carbocycles. The Bertz CT molecular complexity index is 721. The van der Waals surface area contributed by atoms with Gasteiger partial charge in [-0.15, -0.1) is 0 Å². The van der Waals surface area contributed by atoms with Gasteiger partial charge in [-0.3, -0.25) is 14.5 Å². The van der Waals surface area contributed by atoms with E-state index in [0.29, 0.717) is 12.2 Å². The SMILES string of the molecule is CCC(C)C(C(CC)OC)N(C)C(=O)CNC(=O)C(C(C)C)N(C)Cc1cccc(N)c1. The number of nitrogens with zero attached hydrogens (tertiary/aromatic N) is 2. The van der Waals surface area contributed by atoms with Gasteiger partial charge in [0.05, 0.1) is 24.7 Å². The van der Waals surface area contributed by atoms with Crippen molar-refractivity contribution in [3.8, 4) is 0 Å². The number of amides is 2. The summed E-state index contributed by atoms with van der Waals surface area (Å²) in [6.45, 7) is 10.9. The van der Waals surface area contributed by atoms with Crippen molar-refractivity contribution in [2.45, 2.75) is 72.2 Å². The highest BCUT2D eigenvalue weighted by atomic mass is 16.5. The van der Waals surface area contributed by atoms with E-state index in [4.69, 9.17) is 10.5 Å². The Morgan fingerprint density at radius 3 is 2.28 bits per heavy atom. The number of hydrogen-bond donors (Lipinski definition) is 2. The van der Waals surface area contributed by atoms with Crippen LogP contribution in [0.3, 0.4) is 0 Å². The Kier molecular flexibility index (Phi) is 11.7. The van der Waals surface area contributed by atoms with E-state index < -0.39 is 0 Å². The fourth-order valence-corrected chi connectivity index (χ4v) is 4.43. The molecule has 4 unspecified atom stereocenters. The van der Waals surface area contributed by atoms with Crippen molar-refractivity contribution in [2.24, 2.45) is 11.8 Å². The van der Waals surface area contributed by atoms with Gasteiger partial charge in [-0.1, -0.05) is 53.2 Å². The Hall–Kier alpha value is -2.12.